The highest BCUT2D eigenvalue weighted by Gasteiger charge is 2.52. The highest BCUT2D eigenvalue weighted by molar-refractivity contribution is 5.94. The molecule has 1 amide bonds. The van der Waals surface area contributed by atoms with Crippen molar-refractivity contribution in [2.75, 3.05) is 0 Å². The lowest BCUT2D eigenvalue weighted by atomic mass is 9.89. The fraction of sp³-hybridized carbons (Fsp3) is 0.391. The summed E-state index contributed by atoms with van der Waals surface area (Å²) in [6.07, 6.45) is 5.58. The van der Waals surface area contributed by atoms with Crippen LogP contribution in [0.5, 0.6) is 0 Å². The Morgan fingerprint density at radius 3 is 1.96 bits per heavy atom. The summed E-state index contributed by atoms with van der Waals surface area (Å²) in [5, 5.41) is 9.25. The predicted octanol–water partition coefficient (Wildman–Crippen LogP) is 4.49. The van der Waals surface area contributed by atoms with Gasteiger partial charge in [0.2, 0.25) is 5.91 Å². The Balaban J connectivity index is 0.000000199. The molecule has 2 aromatic carbocycles. The number of hydrogen-bond donors (Lipinski definition) is 2. The van der Waals surface area contributed by atoms with Crippen LogP contribution in [0.2, 0.25) is 0 Å². The third-order valence-electron chi connectivity index (χ3n) is 5.01. The van der Waals surface area contributed by atoms with E-state index in [1.165, 1.54) is 5.56 Å². The van der Waals surface area contributed by atoms with Gasteiger partial charge in [0.25, 0.3) is 0 Å². The van der Waals surface area contributed by atoms with Gasteiger partial charge in [-0.15, -0.1) is 0 Å². The van der Waals surface area contributed by atoms with E-state index in [0.29, 0.717) is 5.56 Å². The molecule has 4 heteroatoms. The first-order chi connectivity index (χ1) is 13.0. The largest absolute Gasteiger partial charge is 0.481 e. The Kier molecular flexibility index (Phi) is 7.17. The lowest BCUT2D eigenvalue weighted by Gasteiger charge is -2.14. The van der Waals surface area contributed by atoms with Crippen LogP contribution in [0.4, 0.5) is 0 Å². The molecule has 3 rings (SSSR count). The summed E-state index contributed by atoms with van der Waals surface area (Å²) in [5.41, 5.74) is 8.61. The highest BCUT2D eigenvalue weighted by atomic mass is 16.4. The van der Waals surface area contributed by atoms with Gasteiger partial charge in [0.05, 0.1) is 5.41 Å². The molecule has 0 unspecified atom stereocenters. The first-order valence-corrected chi connectivity index (χ1v) is 9.65. The van der Waals surface area contributed by atoms with Crippen LogP contribution in [0.15, 0.2) is 48.5 Å². The average molecular weight is 367 g/mol. The number of benzene rings is 2. The van der Waals surface area contributed by atoms with Gasteiger partial charge in [-0.05, 0) is 48.4 Å². The number of carboxylic acids is 1. The van der Waals surface area contributed by atoms with Crippen LogP contribution in [0, 0.1) is 0 Å². The van der Waals surface area contributed by atoms with Gasteiger partial charge in [-0.3, -0.25) is 9.59 Å². The van der Waals surface area contributed by atoms with E-state index in [2.05, 4.69) is 19.9 Å². The maximum atomic E-state index is 11.2. The molecule has 1 aliphatic carbocycles. The maximum Gasteiger partial charge on any atom is 0.314 e. The Morgan fingerprint density at radius 2 is 1.44 bits per heavy atom. The molecule has 0 atom stereocenters. The van der Waals surface area contributed by atoms with E-state index in [1.807, 2.05) is 36.4 Å². The van der Waals surface area contributed by atoms with Crippen molar-refractivity contribution in [3.63, 3.8) is 0 Å². The van der Waals surface area contributed by atoms with Crippen molar-refractivity contribution < 1.29 is 14.7 Å². The number of aliphatic carboxylic acids is 1. The summed E-state index contributed by atoms with van der Waals surface area (Å²) in [6, 6.07) is 15.4. The van der Waals surface area contributed by atoms with Crippen LogP contribution in [-0.4, -0.2) is 17.0 Å². The third kappa shape index (κ3) is 4.97. The minimum absolute atomic E-state index is 0.334. The zero-order valence-electron chi connectivity index (χ0n) is 16.2. The number of carbonyl (C=O) groups is 2. The normalized spacial score (nSPS) is 14.0. The number of primary amides is 1. The van der Waals surface area contributed by atoms with Gasteiger partial charge in [-0.2, -0.15) is 0 Å². The summed E-state index contributed by atoms with van der Waals surface area (Å²) >= 11 is 0. The van der Waals surface area contributed by atoms with Crippen molar-refractivity contribution in [2.45, 2.75) is 57.8 Å². The number of carbonyl (C=O) groups excluding carboxylic acids is 1. The first-order valence-electron chi connectivity index (χ1n) is 9.65. The van der Waals surface area contributed by atoms with E-state index in [4.69, 9.17) is 5.73 Å². The minimum Gasteiger partial charge on any atom is -0.481 e. The monoisotopic (exact) mass is 367 g/mol. The number of aryl methyl sites for hydroxylation is 2. The molecule has 0 bridgehead atoms. The van der Waals surface area contributed by atoms with E-state index in [1.54, 1.807) is 6.07 Å². The van der Waals surface area contributed by atoms with E-state index in [0.717, 1.165) is 49.7 Å². The molecule has 1 aliphatic rings. The number of nitrogens with two attached hydrogens (primary N) is 1. The summed E-state index contributed by atoms with van der Waals surface area (Å²) in [5.74, 6) is -0.995. The van der Waals surface area contributed by atoms with E-state index < -0.39 is 11.4 Å². The molecule has 1 saturated carbocycles. The fourth-order valence-electron chi connectivity index (χ4n) is 3.45. The van der Waals surface area contributed by atoms with Crippen LogP contribution >= 0.6 is 0 Å². The quantitative estimate of drug-likeness (QED) is 0.756. The molecule has 4 nitrogen and oxygen atoms in total. The molecule has 144 valence electrons. The molecular formula is C23H29NO3. The molecule has 0 spiro atoms. The summed E-state index contributed by atoms with van der Waals surface area (Å²) < 4.78 is 0. The molecule has 0 radical (unpaired) electrons. The van der Waals surface area contributed by atoms with Crippen molar-refractivity contribution in [1.82, 2.24) is 0 Å². The zero-order chi connectivity index (χ0) is 19.9. The second kappa shape index (κ2) is 9.36. The van der Waals surface area contributed by atoms with Gasteiger partial charge >= 0.3 is 5.97 Å². The summed E-state index contributed by atoms with van der Waals surface area (Å²) in [7, 11) is 0. The van der Waals surface area contributed by atoms with Crippen molar-refractivity contribution in [1.29, 1.82) is 0 Å². The van der Waals surface area contributed by atoms with E-state index in [-0.39, 0.29) is 5.91 Å². The highest BCUT2D eigenvalue weighted by Crippen LogP contribution is 2.49. The Hall–Kier alpha value is -2.62. The van der Waals surface area contributed by atoms with Crippen LogP contribution < -0.4 is 5.73 Å². The fourth-order valence-corrected chi connectivity index (χ4v) is 3.45. The number of hydrogen-bond acceptors (Lipinski definition) is 2. The molecule has 3 N–H and O–H groups in total. The van der Waals surface area contributed by atoms with E-state index >= 15 is 0 Å². The second-order valence-corrected chi connectivity index (χ2v) is 7.07. The molecule has 0 aliphatic heterocycles. The summed E-state index contributed by atoms with van der Waals surface area (Å²) in [4.78, 5) is 22.2. The number of rotatable bonds is 7. The van der Waals surface area contributed by atoms with Gasteiger partial charge < -0.3 is 10.8 Å². The topological polar surface area (TPSA) is 80.4 Å². The second-order valence-electron chi connectivity index (χ2n) is 7.07. The van der Waals surface area contributed by atoms with Crippen LogP contribution in [0.1, 0.15) is 66.6 Å². The lowest BCUT2D eigenvalue weighted by molar-refractivity contribution is -0.140. The van der Waals surface area contributed by atoms with Gasteiger partial charge in [0, 0.05) is 5.56 Å². The standard InChI is InChI=1S/C13H16O2.C10H13NO/c1-2-5-10-6-3-4-7-11(10)13(8-9-13)12(14)15;1-2-5-8-6-3-4-7-9(8)10(11)12/h3-4,6-7H,2,5,8-9H2,1H3,(H,14,15);3-4,6-7H,2,5H2,1H3,(H2,11,12). The van der Waals surface area contributed by atoms with Crippen molar-refractivity contribution in [2.24, 2.45) is 5.73 Å². The predicted molar refractivity (Wildman–Crippen MR) is 108 cm³/mol. The van der Waals surface area contributed by atoms with Crippen molar-refractivity contribution in [3.05, 3.63) is 70.8 Å². The molecule has 1 fully saturated rings. The molecule has 0 aromatic heterocycles. The number of amides is 1. The zero-order valence-corrected chi connectivity index (χ0v) is 16.2. The van der Waals surface area contributed by atoms with E-state index in [9.17, 15) is 14.7 Å². The smallest absolute Gasteiger partial charge is 0.314 e. The molecule has 0 saturated heterocycles. The van der Waals surface area contributed by atoms with Gasteiger partial charge in [-0.1, -0.05) is 69.2 Å². The van der Waals surface area contributed by atoms with Crippen molar-refractivity contribution in [3.8, 4) is 0 Å². The summed E-state index contributed by atoms with van der Waals surface area (Å²) in [6.45, 7) is 4.20. The molecular weight excluding hydrogens is 338 g/mol. The average Bonchev–Trinajstić information content (AvgIpc) is 3.46. The minimum atomic E-state index is -0.661. The van der Waals surface area contributed by atoms with Gasteiger partial charge in [0.1, 0.15) is 0 Å². The van der Waals surface area contributed by atoms with Crippen molar-refractivity contribution >= 4 is 11.9 Å². The Bertz CT molecular complexity index is 794. The number of carboxylic acid groups (broad SMARTS) is 1. The first kappa shape index (κ1) is 20.7. The Morgan fingerprint density at radius 1 is 0.926 bits per heavy atom. The Labute approximate surface area is 161 Å². The molecule has 0 heterocycles. The third-order valence-corrected chi connectivity index (χ3v) is 5.01. The van der Waals surface area contributed by atoms with Crippen LogP contribution in [0.25, 0.3) is 0 Å². The van der Waals surface area contributed by atoms with Crippen LogP contribution in [-0.2, 0) is 23.1 Å². The lowest BCUT2D eigenvalue weighted by Crippen LogP contribution is -2.21. The van der Waals surface area contributed by atoms with Crippen LogP contribution in [0.3, 0.4) is 0 Å². The maximum absolute atomic E-state index is 11.2. The van der Waals surface area contributed by atoms with Gasteiger partial charge in [-0.25, -0.2) is 0 Å². The van der Waals surface area contributed by atoms with Gasteiger partial charge in [0.15, 0.2) is 0 Å². The SMILES string of the molecule is CCCc1ccccc1C(N)=O.CCCc1ccccc1C1(C(=O)O)CC1. The molecule has 27 heavy (non-hydrogen) atoms. The molecule has 2 aromatic rings.